The fraction of sp³-hybridized carbons (Fsp3) is 0.333. The van der Waals surface area contributed by atoms with E-state index in [1.165, 1.54) is 0 Å². The van der Waals surface area contributed by atoms with Gasteiger partial charge in [-0.15, -0.1) is 0 Å². The molecule has 3 aliphatic rings. The summed E-state index contributed by atoms with van der Waals surface area (Å²) in [5.41, 5.74) is 0.760. The average Bonchev–Trinajstić information content (AvgIpc) is 3.19. The van der Waals surface area contributed by atoms with Crippen LogP contribution in [-0.4, -0.2) is 19.0 Å². The number of rotatable bonds is 3. The number of fused-ring (bicyclic) bond motifs is 2. The van der Waals surface area contributed by atoms with Crippen molar-refractivity contribution in [1.82, 2.24) is 7.06 Å². The van der Waals surface area contributed by atoms with Gasteiger partial charge < -0.3 is 0 Å². The summed E-state index contributed by atoms with van der Waals surface area (Å²) in [7, 11) is 0. The van der Waals surface area contributed by atoms with Gasteiger partial charge in [0.25, 0.3) is 0 Å². The van der Waals surface area contributed by atoms with Gasteiger partial charge in [-0.1, -0.05) is 0 Å². The normalized spacial score (nSPS) is 25.1. The summed E-state index contributed by atoms with van der Waals surface area (Å²) in [4.78, 5) is 23.5. The maximum atomic E-state index is 12.3. The number of esters is 2. The van der Waals surface area contributed by atoms with Crippen LogP contribution in [0, 0.1) is 0 Å². The summed E-state index contributed by atoms with van der Waals surface area (Å²) >= 11 is 0.936. The van der Waals surface area contributed by atoms with Gasteiger partial charge in [0, 0.05) is 0 Å². The monoisotopic (exact) mass is 500 g/mol. The molecule has 1 atom stereocenters. The second-order valence-corrected chi connectivity index (χ2v) is 11.4. The number of hydrogen-bond acceptors (Lipinski definition) is 6. The third-order valence-corrected chi connectivity index (χ3v) is 10.6. The summed E-state index contributed by atoms with van der Waals surface area (Å²) in [5, 5.41) is 0. The molecule has 0 amide bonds. The van der Waals surface area contributed by atoms with Gasteiger partial charge in [-0.2, -0.15) is 0 Å². The standard InChI is InChI=1S/C12H10I2N2O4/c1-11(13,12-14(15-12)16-12)10(18)19-7-2-3-8-6(4-7)5-9(17)20-8/h2-4,15-16H,5H2,1H3. The van der Waals surface area contributed by atoms with Crippen LogP contribution in [-0.2, 0) is 16.0 Å². The molecular weight excluding hydrogens is 490 g/mol. The molecule has 4 rings (SSSR count). The Hall–Kier alpha value is -0.460. The van der Waals surface area contributed by atoms with E-state index in [1.54, 1.807) is 18.2 Å². The van der Waals surface area contributed by atoms with Crippen LogP contribution >= 0.6 is 43.0 Å². The molecule has 6 nitrogen and oxygen atoms in total. The Labute approximate surface area is 136 Å². The van der Waals surface area contributed by atoms with Crippen molar-refractivity contribution >= 4 is 54.9 Å². The number of carbonyl (C=O) groups excluding carboxylic acids is 2. The van der Waals surface area contributed by atoms with Crippen molar-refractivity contribution in [3.63, 3.8) is 0 Å². The van der Waals surface area contributed by atoms with Gasteiger partial charge in [-0.25, -0.2) is 0 Å². The zero-order valence-electron chi connectivity index (χ0n) is 10.3. The zero-order valence-corrected chi connectivity index (χ0v) is 14.6. The molecule has 0 saturated carbocycles. The van der Waals surface area contributed by atoms with Crippen LogP contribution in [0.4, 0.5) is 0 Å². The summed E-state index contributed by atoms with van der Waals surface area (Å²) in [6.45, 7) is 1.88. The van der Waals surface area contributed by atoms with E-state index in [1.807, 2.05) is 6.92 Å². The number of carbonyl (C=O) groups is 2. The summed E-state index contributed by atoms with van der Waals surface area (Å²) in [5.74, 6) is 0.445. The van der Waals surface area contributed by atoms with E-state index >= 15 is 0 Å². The molecule has 1 aromatic rings. The topological polar surface area (TPSA) is 96.5 Å². The van der Waals surface area contributed by atoms with Crippen LogP contribution in [0.15, 0.2) is 18.2 Å². The predicted octanol–water partition coefficient (Wildman–Crippen LogP) is 1.44. The summed E-state index contributed by atoms with van der Waals surface area (Å²) in [6, 6.07) is 5.01. The first-order chi connectivity index (χ1) is 9.42. The first-order valence-corrected chi connectivity index (χ1v) is 10.2. The Morgan fingerprint density at radius 2 is 2.25 bits per heavy atom. The van der Waals surface area contributed by atoms with Crippen molar-refractivity contribution in [2.45, 2.75) is 20.4 Å². The van der Waals surface area contributed by atoms with Crippen molar-refractivity contribution in [3.8, 4) is 11.5 Å². The molecule has 3 heterocycles. The number of ether oxygens (including phenoxy) is 2. The maximum absolute atomic E-state index is 12.3. The van der Waals surface area contributed by atoms with Crippen LogP contribution in [0.3, 0.4) is 0 Å². The molecule has 1 aromatic carbocycles. The summed E-state index contributed by atoms with van der Waals surface area (Å²) < 4.78 is 16.4. The second-order valence-electron chi connectivity index (χ2n) is 4.94. The molecule has 0 aliphatic carbocycles. The molecule has 8 heteroatoms. The molecule has 2 fully saturated rings. The van der Waals surface area contributed by atoms with E-state index < -0.39 is 23.8 Å². The van der Waals surface area contributed by atoms with Gasteiger partial charge in [0.05, 0.1) is 0 Å². The van der Waals surface area contributed by atoms with Gasteiger partial charge in [0.1, 0.15) is 0 Å². The predicted molar refractivity (Wildman–Crippen MR) is 86.9 cm³/mol. The molecular formula is C12H10I2N2O4. The Morgan fingerprint density at radius 1 is 1.55 bits per heavy atom. The van der Waals surface area contributed by atoms with Crippen molar-refractivity contribution < 1.29 is 19.1 Å². The first-order valence-electron chi connectivity index (χ1n) is 5.93. The van der Waals surface area contributed by atoms with E-state index in [4.69, 9.17) is 9.47 Å². The fourth-order valence-electron chi connectivity index (χ4n) is 2.09. The molecule has 0 radical (unpaired) electrons. The van der Waals surface area contributed by atoms with Crippen molar-refractivity contribution in [2.24, 2.45) is 0 Å². The van der Waals surface area contributed by atoms with Crippen molar-refractivity contribution in [3.05, 3.63) is 23.8 Å². The number of halogens is 2. The SMILES string of the molecule is CC(I)(C(=O)Oc1ccc2c(c1)CC(=O)O2)C12NI1N2. The van der Waals surface area contributed by atoms with E-state index in [0.717, 1.165) is 5.56 Å². The number of alkyl halides is 2. The Bertz CT molecular complexity index is 655. The molecule has 20 heavy (non-hydrogen) atoms. The molecule has 0 bridgehead atoms. The molecule has 0 aromatic heterocycles. The van der Waals surface area contributed by atoms with Gasteiger partial charge in [0.15, 0.2) is 0 Å². The molecule has 106 valence electrons. The second kappa shape index (κ2) is 4.05. The van der Waals surface area contributed by atoms with Crippen LogP contribution in [0.5, 0.6) is 11.5 Å². The van der Waals surface area contributed by atoms with Crippen molar-refractivity contribution in [1.29, 1.82) is 0 Å². The van der Waals surface area contributed by atoms with E-state index in [9.17, 15) is 9.59 Å². The first kappa shape index (κ1) is 13.2. The van der Waals surface area contributed by atoms with Gasteiger partial charge in [-0.3, -0.25) is 0 Å². The molecule has 3 aliphatic heterocycles. The Kier molecular flexibility index (Phi) is 2.68. The minimum absolute atomic E-state index is 0.148. The summed E-state index contributed by atoms with van der Waals surface area (Å²) in [6.07, 6.45) is 0.227. The molecule has 2 saturated heterocycles. The van der Waals surface area contributed by atoms with Gasteiger partial charge in [-0.05, 0) is 0 Å². The Morgan fingerprint density at radius 3 is 2.90 bits per heavy atom. The van der Waals surface area contributed by atoms with E-state index in [-0.39, 0.29) is 22.0 Å². The number of nitrogens with one attached hydrogen (secondary N) is 2. The van der Waals surface area contributed by atoms with Gasteiger partial charge >= 0.3 is 137 Å². The van der Waals surface area contributed by atoms with Gasteiger partial charge in [0.2, 0.25) is 0 Å². The fourth-order valence-corrected chi connectivity index (χ4v) is 9.84. The van der Waals surface area contributed by atoms with E-state index in [0.29, 0.717) is 11.5 Å². The third-order valence-electron chi connectivity index (χ3n) is 3.49. The third kappa shape index (κ3) is 1.81. The van der Waals surface area contributed by atoms with Crippen LogP contribution < -0.4 is 16.5 Å². The molecule has 2 N–H and O–H groups in total. The number of hydrogen-bond donors (Lipinski definition) is 2. The quantitative estimate of drug-likeness (QED) is 0.124. The average molecular weight is 500 g/mol. The van der Waals surface area contributed by atoms with Crippen LogP contribution in [0.2, 0.25) is 0 Å². The Balaban J connectivity index is 1.53. The molecule has 1 unspecified atom stereocenters. The van der Waals surface area contributed by atoms with Crippen LogP contribution in [0.1, 0.15) is 12.5 Å². The molecule has 0 spiro atoms. The van der Waals surface area contributed by atoms with Crippen molar-refractivity contribution in [2.75, 3.05) is 0 Å². The van der Waals surface area contributed by atoms with Crippen LogP contribution in [0.25, 0.3) is 0 Å². The minimum atomic E-state index is -1.20. The zero-order chi connectivity index (χ0) is 14.1. The van der Waals surface area contributed by atoms with E-state index in [2.05, 4.69) is 29.7 Å². The number of benzene rings is 1.